The largest absolute Gasteiger partial charge is 0.354 e. The van der Waals surface area contributed by atoms with Crippen LogP contribution in [-0.2, 0) is 0 Å². The zero-order valence-electron chi connectivity index (χ0n) is 13.2. The number of halogens is 2. The summed E-state index contributed by atoms with van der Waals surface area (Å²) in [7, 11) is 2.14. The maximum atomic E-state index is 6.06. The van der Waals surface area contributed by atoms with E-state index in [1.54, 1.807) is 12.1 Å². The third-order valence-electron chi connectivity index (χ3n) is 3.84. The molecule has 0 bridgehead atoms. The monoisotopic (exact) mass is 351 g/mol. The number of hydrogen-bond acceptors (Lipinski definition) is 5. The van der Waals surface area contributed by atoms with Crippen LogP contribution >= 0.6 is 23.2 Å². The SMILES string of the molecule is Cc1nc(Nc2ccc(Cl)c(Cl)c2)cc(N2CCN(C)CC2)n1. The van der Waals surface area contributed by atoms with Gasteiger partial charge in [0, 0.05) is 37.9 Å². The predicted octanol–water partition coefficient (Wildman–Crippen LogP) is 3.59. The number of hydrogen-bond donors (Lipinski definition) is 1. The molecule has 3 rings (SSSR count). The summed E-state index contributed by atoms with van der Waals surface area (Å²) in [5.41, 5.74) is 0.849. The molecule has 122 valence electrons. The summed E-state index contributed by atoms with van der Waals surface area (Å²) < 4.78 is 0. The van der Waals surface area contributed by atoms with Crippen molar-refractivity contribution in [2.24, 2.45) is 0 Å². The Balaban J connectivity index is 1.81. The Hall–Kier alpha value is -1.56. The van der Waals surface area contributed by atoms with Gasteiger partial charge in [-0.25, -0.2) is 9.97 Å². The van der Waals surface area contributed by atoms with Gasteiger partial charge in [0.05, 0.1) is 10.0 Å². The average molecular weight is 352 g/mol. The van der Waals surface area contributed by atoms with E-state index >= 15 is 0 Å². The number of aromatic nitrogens is 2. The molecule has 0 saturated carbocycles. The predicted molar refractivity (Wildman–Crippen MR) is 96.2 cm³/mol. The van der Waals surface area contributed by atoms with Crippen LogP contribution in [0.3, 0.4) is 0 Å². The quantitative estimate of drug-likeness (QED) is 0.915. The van der Waals surface area contributed by atoms with Crippen molar-refractivity contribution < 1.29 is 0 Å². The van der Waals surface area contributed by atoms with Crippen LogP contribution in [0, 0.1) is 6.92 Å². The first-order chi connectivity index (χ1) is 11.0. The molecular weight excluding hydrogens is 333 g/mol. The molecule has 0 unspecified atom stereocenters. The fourth-order valence-corrected chi connectivity index (χ4v) is 2.83. The van der Waals surface area contributed by atoms with Gasteiger partial charge in [-0.15, -0.1) is 0 Å². The first-order valence-corrected chi connectivity index (χ1v) is 8.28. The number of nitrogens with one attached hydrogen (secondary N) is 1. The first-order valence-electron chi connectivity index (χ1n) is 7.52. The van der Waals surface area contributed by atoms with E-state index in [9.17, 15) is 0 Å². The van der Waals surface area contributed by atoms with Gasteiger partial charge in [0.15, 0.2) is 0 Å². The zero-order chi connectivity index (χ0) is 16.4. The third-order valence-corrected chi connectivity index (χ3v) is 4.58. The number of benzene rings is 1. The van der Waals surface area contributed by atoms with Gasteiger partial charge in [0.1, 0.15) is 17.5 Å². The molecule has 1 N–H and O–H groups in total. The Bertz CT molecular complexity index is 699. The second kappa shape index (κ2) is 6.91. The highest BCUT2D eigenvalue weighted by atomic mass is 35.5. The van der Waals surface area contributed by atoms with Gasteiger partial charge in [-0.1, -0.05) is 23.2 Å². The van der Waals surface area contributed by atoms with Crippen molar-refractivity contribution in [2.45, 2.75) is 6.92 Å². The lowest BCUT2D eigenvalue weighted by atomic mass is 10.3. The molecule has 1 aliphatic heterocycles. The van der Waals surface area contributed by atoms with E-state index in [0.29, 0.717) is 10.0 Å². The van der Waals surface area contributed by atoms with Crippen LogP contribution in [0.1, 0.15) is 5.82 Å². The van der Waals surface area contributed by atoms with Crippen LogP contribution in [-0.4, -0.2) is 48.1 Å². The van der Waals surface area contributed by atoms with Crippen LogP contribution in [0.5, 0.6) is 0 Å². The maximum absolute atomic E-state index is 6.06. The van der Waals surface area contributed by atoms with Crippen molar-refractivity contribution in [1.82, 2.24) is 14.9 Å². The summed E-state index contributed by atoms with van der Waals surface area (Å²) >= 11 is 12.0. The fraction of sp³-hybridized carbons (Fsp3) is 0.375. The molecular formula is C16H19Cl2N5. The van der Waals surface area contributed by atoms with Gasteiger partial charge in [-0.05, 0) is 32.2 Å². The molecule has 1 fully saturated rings. The second-order valence-corrected chi connectivity index (χ2v) is 6.52. The number of likely N-dealkylation sites (N-methyl/N-ethyl adjacent to an activating group) is 1. The van der Waals surface area contributed by atoms with Crippen LogP contribution < -0.4 is 10.2 Å². The molecule has 0 aliphatic carbocycles. The molecule has 0 atom stereocenters. The van der Waals surface area contributed by atoms with Gasteiger partial charge in [0.2, 0.25) is 0 Å². The van der Waals surface area contributed by atoms with Crippen molar-refractivity contribution in [3.05, 3.63) is 40.1 Å². The first kappa shape index (κ1) is 16.3. The maximum Gasteiger partial charge on any atom is 0.136 e. The Kier molecular flexibility index (Phi) is 4.90. The third kappa shape index (κ3) is 4.05. The van der Waals surface area contributed by atoms with Crippen LogP contribution in [0.25, 0.3) is 0 Å². The Morgan fingerprint density at radius 3 is 2.43 bits per heavy atom. The number of piperazine rings is 1. The minimum atomic E-state index is 0.515. The average Bonchev–Trinajstić information content (AvgIpc) is 2.51. The molecule has 0 amide bonds. The fourth-order valence-electron chi connectivity index (χ4n) is 2.54. The van der Waals surface area contributed by atoms with Crippen molar-refractivity contribution in [3.8, 4) is 0 Å². The summed E-state index contributed by atoms with van der Waals surface area (Å²) in [6.07, 6.45) is 0. The van der Waals surface area contributed by atoms with Gasteiger partial charge in [-0.2, -0.15) is 0 Å². The van der Waals surface area contributed by atoms with Crippen LogP contribution in [0.4, 0.5) is 17.3 Å². The van der Waals surface area contributed by atoms with E-state index in [1.807, 2.05) is 19.1 Å². The van der Waals surface area contributed by atoms with Gasteiger partial charge < -0.3 is 15.1 Å². The topological polar surface area (TPSA) is 44.3 Å². The highest BCUT2D eigenvalue weighted by Gasteiger charge is 2.16. The Morgan fingerprint density at radius 1 is 1.00 bits per heavy atom. The van der Waals surface area contributed by atoms with Crippen LogP contribution in [0.15, 0.2) is 24.3 Å². The summed E-state index contributed by atoms with van der Waals surface area (Å²) in [6.45, 7) is 5.93. The lowest BCUT2D eigenvalue weighted by molar-refractivity contribution is 0.312. The van der Waals surface area contributed by atoms with E-state index < -0.39 is 0 Å². The molecule has 1 saturated heterocycles. The number of aryl methyl sites for hydroxylation is 1. The Labute approximate surface area is 146 Å². The molecule has 0 spiro atoms. The molecule has 5 nitrogen and oxygen atoms in total. The van der Waals surface area contributed by atoms with Gasteiger partial charge in [0.25, 0.3) is 0 Å². The summed E-state index contributed by atoms with van der Waals surface area (Å²) in [6, 6.07) is 7.40. The minimum absolute atomic E-state index is 0.515. The number of rotatable bonds is 3. The lowest BCUT2D eigenvalue weighted by Crippen LogP contribution is -2.44. The van der Waals surface area contributed by atoms with Crippen molar-refractivity contribution >= 4 is 40.5 Å². The van der Waals surface area contributed by atoms with Gasteiger partial charge >= 0.3 is 0 Å². The second-order valence-electron chi connectivity index (χ2n) is 5.70. The molecule has 1 aromatic carbocycles. The lowest BCUT2D eigenvalue weighted by Gasteiger charge is -2.33. The molecule has 7 heteroatoms. The van der Waals surface area contributed by atoms with E-state index in [0.717, 1.165) is 49.3 Å². The van der Waals surface area contributed by atoms with E-state index in [-0.39, 0.29) is 0 Å². The Morgan fingerprint density at radius 2 is 1.74 bits per heavy atom. The molecule has 1 aromatic heterocycles. The summed E-state index contributed by atoms with van der Waals surface area (Å²) in [5.74, 6) is 2.45. The number of nitrogens with zero attached hydrogens (tertiary/aromatic N) is 4. The van der Waals surface area contributed by atoms with Crippen LogP contribution in [0.2, 0.25) is 10.0 Å². The summed E-state index contributed by atoms with van der Waals surface area (Å²) in [5, 5.41) is 4.32. The molecule has 2 aromatic rings. The highest BCUT2D eigenvalue weighted by molar-refractivity contribution is 6.42. The zero-order valence-corrected chi connectivity index (χ0v) is 14.7. The van der Waals surface area contributed by atoms with E-state index in [2.05, 4.69) is 32.1 Å². The van der Waals surface area contributed by atoms with Crippen molar-refractivity contribution in [3.63, 3.8) is 0 Å². The number of anilines is 3. The van der Waals surface area contributed by atoms with E-state index in [1.165, 1.54) is 0 Å². The highest BCUT2D eigenvalue weighted by Crippen LogP contribution is 2.27. The van der Waals surface area contributed by atoms with Crippen molar-refractivity contribution in [2.75, 3.05) is 43.4 Å². The molecule has 0 radical (unpaired) electrons. The van der Waals surface area contributed by atoms with Gasteiger partial charge in [-0.3, -0.25) is 0 Å². The van der Waals surface area contributed by atoms with E-state index in [4.69, 9.17) is 23.2 Å². The normalized spacial score (nSPS) is 15.7. The minimum Gasteiger partial charge on any atom is -0.354 e. The standard InChI is InChI=1S/C16H19Cl2N5/c1-11-19-15(21-12-3-4-13(17)14(18)9-12)10-16(20-11)23-7-5-22(2)6-8-23/h3-4,9-10H,5-8H2,1-2H3,(H,19,20,21). The molecule has 23 heavy (non-hydrogen) atoms. The van der Waals surface area contributed by atoms with Crippen molar-refractivity contribution in [1.29, 1.82) is 0 Å². The molecule has 2 heterocycles. The molecule has 1 aliphatic rings. The smallest absolute Gasteiger partial charge is 0.136 e. The summed E-state index contributed by atoms with van der Waals surface area (Å²) in [4.78, 5) is 13.6.